The molecule has 9 heteroatoms. The number of sulfonamides is 2. The molecule has 1 amide bonds. The SMILES string of the molecule is CC1CS(=O)(=O)N(c2ccc(S(=O)(=O)N(C)c3ccccc3)cc2)C1=O. The Kier molecular flexibility index (Phi) is 4.53. The summed E-state index contributed by atoms with van der Waals surface area (Å²) in [5, 5.41) is 0. The summed E-state index contributed by atoms with van der Waals surface area (Å²) in [4.78, 5) is 12.1. The zero-order valence-corrected chi connectivity index (χ0v) is 15.9. The molecule has 0 bridgehead atoms. The van der Waals surface area contributed by atoms with Crippen LogP contribution in [0.15, 0.2) is 59.5 Å². The quantitative estimate of drug-likeness (QED) is 0.789. The molecule has 138 valence electrons. The van der Waals surface area contributed by atoms with Gasteiger partial charge in [-0.25, -0.2) is 21.1 Å². The highest BCUT2D eigenvalue weighted by Crippen LogP contribution is 2.30. The van der Waals surface area contributed by atoms with Gasteiger partial charge in [-0.1, -0.05) is 25.1 Å². The standard InChI is InChI=1S/C17H18N2O5S2/c1-13-12-25(21,22)19(17(13)20)15-8-10-16(11-9-15)26(23,24)18(2)14-6-4-3-5-7-14/h3-11,13H,12H2,1-2H3. The molecule has 26 heavy (non-hydrogen) atoms. The Morgan fingerprint density at radius 3 is 2.12 bits per heavy atom. The molecule has 1 aliphatic heterocycles. The van der Waals surface area contributed by atoms with Gasteiger partial charge in [0.05, 0.1) is 27.9 Å². The van der Waals surface area contributed by atoms with E-state index >= 15 is 0 Å². The van der Waals surface area contributed by atoms with Gasteiger partial charge in [-0.15, -0.1) is 0 Å². The van der Waals surface area contributed by atoms with E-state index < -0.39 is 31.9 Å². The molecule has 0 spiro atoms. The third-order valence-corrected chi connectivity index (χ3v) is 7.88. The Hall–Kier alpha value is -2.39. The Morgan fingerprint density at radius 1 is 1.04 bits per heavy atom. The van der Waals surface area contributed by atoms with Gasteiger partial charge in [-0.2, -0.15) is 0 Å². The molecule has 2 aromatic rings. The van der Waals surface area contributed by atoms with Crippen LogP contribution in [0.3, 0.4) is 0 Å². The maximum atomic E-state index is 12.7. The number of carbonyl (C=O) groups is 1. The number of hydrogen-bond donors (Lipinski definition) is 0. The molecule has 0 aliphatic carbocycles. The van der Waals surface area contributed by atoms with Crippen molar-refractivity contribution in [1.29, 1.82) is 0 Å². The Morgan fingerprint density at radius 2 is 1.62 bits per heavy atom. The van der Waals surface area contributed by atoms with Crippen molar-refractivity contribution in [2.75, 3.05) is 21.4 Å². The summed E-state index contributed by atoms with van der Waals surface area (Å²) in [5.41, 5.74) is 0.642. The highest BCUT2D eigenvalue weighted by molar-refractivity contribution is 7.94. The van der Waals surface area contributed by atoms with Crippen molar-refractivity contribution in [1.82, 2.24) is 0 Å². The highest BCUT2D eigenvalue weighted by Gasteiger charge is 2.42. The fraction of sp³-hybridized carbons (Fsp3) is 0.235. The maximum Gasteiger partial charge on any atom is 0.264 e. The molecule has 1 unspecified atom stereocenters. The van der Waals surface area contributed by atoms with E-state index in [1.165, 1.54) is 31.3 Å². The fourth-order valence-corrected chi connectivity index (χ4v) is 5.79. The predicted molar refractivity (Wildman–Crippen MR) is 98.9 cm³/mol. The number of para-hydroxylation sites is 1. The third kappa shape index (κ3) is 3.08. The first-order valence-electron chi connectivity index (χ1n) is 7.85. The van der Waals surface area contributed by atoms with Crippen molar-refractivity contribution in [2.45, 2.75) is 11.8 Å². The number of hydrogen-bond acceptors (Lipinski definition) is 5. The van der Waals surface area contributed by atoms with E-state index in [1.807, 2.05) is 0 Å². The second kappa shape index (κ2) is 6.40. The summed E-state index contributed by atoms with van der Waals surface area (Å²) in [6, 6.07) is 13.9. The van der Waals surface area contributed by atoms with Gasteiger partial charge in [0.15, 0.2) is 0 Å². The lowest BCUT2D eigenvalue weighted by Crippen LogP contribution is -2.30. The summed E-state index contributed by atoms with van der Waals surface area (Å²) >= 11 is 0. The van der Waals surface area contributed by atoms with E-state index in [9.17, 15) is 21.6 Å². The zero-order valence-electron chi connectivity index (χ0n) is 14.2. The lowest BCUT2D eigenvalue weighted by molar-refractivity contribution is -0.119. The van der Waals surface area contributed by atoms with Crippen LogP contribution in [0.5, 0.6) is 0 Å². The van der Waals surface area contributed by atoms with E-state index in [1.54, 1.807) is 37.3 Å². The summed E-state index contributed by atoms with van der Waals surface area (Å²) in [7, 11) is -6.09. The Balaban J connectivity index is 1.94. The van der Waals surface area contributed by atoms with Gasteiger partial charge in [0, 0.05) is 7.05 Å². The van der Waals surface area contributed by atoms with Crippen LogP contribution < -0.4 is 8.61 Å². The van der Waals surface area contributed by atoms with Crippen LogP contribution in [0, 0.1) is 5.92 Å². The zero-order chi connectivity index (χ0) is 19.1. The number of amides is 1. The van der Waals surface area contributed by atoms with Crippen LogP contribution in [0.1, 0.15) is 6.92 Å². The van der Waals surface area contributed by atoms with Crippen LogP contribution in [0.25, 0.3) is 0 Å². The first-order chi connectivity index (χ1) is 12.1. The first-order valence-corrected chi connectivity index (χ1v) is 10.9. The van der Waals surface area contributed by atoms with E-state index in [0.29, 0.717) is 5.69 Å². The smallest absolute Gasteiger partial charge is 0.264 e. The second-order valence-electron chi connectivity index (χ2n) is 6.08. The van der Waals surface area contributed by atoms with Gasteiger partial charge in [-0.3, -0.25) is 9.10 Å². The molecule has 2 aromatic carbocycles. The van der Waals surface area contributed by atoms with Crippen LogP contribution >= 0.6 is 0 Å². The largest absolute Gasteiger partial charge is 0.273 e. The van der Waals surface area contributed by atoms with Crippen LogP contribution in [0.2, 0.25) is 0 Å². The van der Waals surface area contributed by atoms with Gasteiger partial charge in [0.25, 0.3) is 10.0 Å². The summed E-state index contributed by atoms with van der Waals surface area (Å²) < 4.78 is 51.6. The molecule has 1 atom stereocenters. The lowest BCUT2D eigenvalue weighted by atomic mass is 10.2. The van der Waals surface area contributed by atoms with Crippen LogP contribution in [-0.2, 0) is 24.8 Å². The van der Waals surface area contributed by atoms with Gasteiger partial charge < -0.3 is 0 Å². The summed E-state index contributed by atoms with van der Waals surface area (Å²) in [6.07, 6.45) is 0. The lowest BCUT2D eigenvalue weighted by Gasteiger charge is -2.20. The van der Waals surface area contributed by atoms with E-state index in [4.69, 9.17) is 0 Å². The van der Waals surface area contributed by atoms with E-state index in [-0.39, 0.29) is 16.3 Å². The summed E-state index contributed by atoms with van der Waals surface area (Å²) in [5.74, 6) is -1.38. The van der Waals surface area contributed by atoms with Crippen molar-refractivity contribution >= 4 is 37.3 Å². The van der Waals surface area contributed by atoms with Crippen LogP contribution in [-0.4, -0.2) is 35.5 Å². The predicted octanol–water partition coefficient (Wildman–Crippen LogP) is 1.82. The maximum absolute atomic E-state index is 12.7. The Labute approximate surface area is 153 Å². The van der Waals surface area contributed by atoms with Crippen molar-refractivity contribution in [3.05, 3.63) is 54.6 Å². The minimum absolute atomic E-state index is 0.00435. The van der Waals surface area contributed by atoms with Gasteiger partial charge in [0.2, 0.25) is 15.9 Å². The second-order valence-corrected chi connectivity index (χ2v) is 9.92. The molecular weight excluding hydrogens is 376 g/mol. The van der Waals surface area contributed by atoms with Gasteiger partial charge in [0.1, 0.15) is 0 Å². The summed E-state index contributed by atoms with van der Waals surface area (Å²) in [6.45, 7) is 1.55. The topological polar surface area (TPSA) is 91.8 Å². The molecule has 1 saturated heterocycles. The Bertz CT molecular complexity index is 1030. The molecule has 1 fully saturated rings. The number of carbonyl (C=O) groups excluding carboxylic acids is 1. The van der Waals surface area contributed by atoms with Crippen molar-refractivity contribution in [3.8, 4) is 0 Å². The third-order valence-electron chi connectivity index (χ3n) is 4.21. The number of anilines is 2. The average Bonchev–Trinajstić information content (AvgIpc) is 2.82. The van der Waals surface area contributed by atoms with E-state index in [2.05, 4.69) is 0 Å². The van der Waals surface area contributed by atoms with Crippen molar-refractivity contribution in [2.24, 2.45) is 5.92 Å². The molecule has 1 aliphatic rings. The van der Waals surface area contributed by atoms with Crippen molar-refractivity contribution < 1.29 is 21.6 Å². The number of rotatable bonds is 4. The molecular formula is C17H18N2O5S2. The molecule has 7 nitrogen and oxygen atoms in total. The highest BCUT2D eigenvalue weighted by atomic mass is 32.2. The number of benzene rings is 2. The average molecular weight is 394 g/mol. The molecule has 0 aromatic heterocycles. The van der Waals surface area contributed by atoms with Crippen molar-refractivity contribution in [3.63, 3.8) is 0 Å². The number of nitrogens with zero attached hydrogens (tertiary/aromatic N) is 2. The molecule has 0 N–H and O–H groups in total. The monoisotopic (exact) mass is 394 g/mol. The van der Waals surface area contributed by atoms with E-state index in [0.717, 1.165) is 8.61 Å². The van der Waals surface area contributed by atoms with Gasteiger partial charge >= 0.3 is 0 Å². The molecule has 0 saturated carbocycles. The fourth-order valence-electron chi connectivity index (χ4n) is 2.78. The minimum atomic E-state index is -3.80. The molecule has 0 radical (unpaired) electrons. The minimum Gasteiger partial charge on any atom is -0.273 e. The normalized spacial score (nSPS) is 19.5. The van der Waals surface area contributed by atoms with Gasteiger partial charge in [-0.05, 0) is 36.4 Å². The molecule has 3 rings (SSSR count). The van der Waals surface area contributed by atoms with Crippen LogP contribution in [0.4, 0.5) is 11.4 Å². The first kappa shape index (κ1) is 18.4. The molecule has 1 heterocycles.